The van der Waals surface area contributed by atoms with Crippen molar-refractivity contribution in [1.29, 1.82) is 0 Å². The van der Waals surface area contributed by atoms with Crippen LogP contribution < -0.4 is 5.32 Å². The molecule has 4 aromatic rings. The van der Waals surface area contributed by atoms with Crippen molar-refractivity contribution in [2.75, 3.05) is 26.3 Å². The third kappa shape index (κ3) is 4.53. The van der Waals surface area contributed by atoms with Crippen LogP contribution in [-0.4, -0.2) is 58.4 Å². The van der Waals surface area contributed by atoms with Gasteiger partial charge in [-0.05, 0) is 55.0 Å². The molecule has 1 aliphatic heterocycles. The van der Waals surface area contributed by atoms with Crippen molar-refractivity contribution in [3.63, 3.8) is 0 Å². The number of fused-ring (bicyclic) bond motifs is 4. The number of amides is 2. The van der Waals surface area contributed by atoms with Crippen LogP contribution in [0.1, 0.15) is 40.0 Å². The number of H-pyrrole nitrogens is 1. The zero-order chi connectivity index (χ0) is 25.4. The monoisotopic (exact) mass is 498 g/mol. The molecule has 3 heterocycles. The summed E-state index contributed by atoms with van der Waals surface area (Å²) >= 11 is 0. The van der Waals surface area contributed by atoms with Crippen LogP contribution in [0.25, 0.3) is 21.8 Å². The molecule has 2 aromatic heterocycles. The van der Waals surface area contributed by atoms with Crippen LogP contribution in [0.15, 0.2) is 48.7 Å². The second-order valence-corrected chi connectivity index (χ2v) is 9.86. The van der Waals surface area contributed by atoms with E-state index in [9.17, 15) is 14.4 Å². The molecule has 8 nitrogen and oxygen atoms in total. The van der Waals surface area contributed by atoms with Crippen LogP contribution in [0.3, 0.4) is 0 Å². The summed E-state index contributed by atoms with van der Waals surface area (Å²) in [5.74, 6) is -1.29. The van der Waals surface area contributed by atoms with Gasteiger partial charge < -0.3 is 24.5 Å². The molecule has 0 unspecified atom stereocenters. The van der Waals surface area contributed by atoms with Gasteiger partial charge in [0, 0.05) is 53.3 Å². The lowest BCUT2D eigenvalue weighted by atomic mass is 9.95. The predicted molar refractivity (Wildman–Crippen MR) is 140 cm³/mol. The molecule has 6 rings (SSSR count). The molecule has 0 spiro atoms. The number of para-hydroxylation sites is 1. The summed E-state index contributed by atoms with van der Waals surface area (Å²) in [4.78, 5) is 44.2. The van der Waals surface area contributed by atoms with Crippen LogP contribution in [0.4, 0.5) is 0 Å². The number of ether oxygens (including phenoxy) is 1. The highest BCUT2D eigenvalue weighted by Gasteiger charge is 2.24. The lowest BCUT2D eigenvalue weighted by Gasteiger charge is -2.27. The maximum absolute atomic E-state index is 13.2. The number of aromatic amines is 1. The first-order chi connectivity index (χ1) is 18.1. The van der Waals surface area contributed by atoms with E-state index in [0.29, 0.717) is 37.3 Å². The minimum absolute atomic E-state index is 0.0326. The molecular weight excluding hydrogens is 468 g/mol. The number of Topliss-reactive ketones (excluding diaryl/α,β-unsaturated/α-hetero) is 1. The second kappa shape index (κ2) is 9.86. The van der Waals surface area contributed by atoms with Crippen LogP contribution in [-0.2, 0) is 40.3 Å². The standard InChI is InChI=1S/C29H30N4O4/c34-27(32-11-13-37-14-12-32)18-33-17-23(21-6-2-4-8-26(21)33)28(35)29(36)30-16-19-9-10-25-22(15-19)20-5-1-3-7-24(20)31-25/h2,4,6,8-10,15,17,31H,1,3,5,7,11-14,16,18H2,(H,30,36). The van der Waals surface area contributed by atoms with Gasteiger partial charge in [-0.1, -0.05) is 24.3 Å². The van der Waals surface area contributed by atoms with E-state index in [4.69, 9.17) is 4.74 Å². The van der Waals surface area contributed by atoms with E-state index in [-0.39, 0.29) is 19.0 Å². The van der Waals surface area contributed by atoms with E-state index >= 15 is 0 Å². The molecular formula is C29H30N4O4. The Balaban J connectivity index is 1.18. The Hall–Kier alpha value is -3.91. The Morgan fingerprint density at radius 3 is 2.65 bits per heavy atom. The zero-order valence-electron chi connectivity index (χ0n) is 20.7. The number of nitrogens with zero attached hydrogens (tertiary/aromatic N) is 2. The summed E-state index contributed by atoms with van der Waals surface area (Å²) in [7, 11) is 0. The van der Waals surface area contributed by atoms with Gasteiger partial charge in [-0.3, -0.25) is 14.4 Å². The van der Waals surface area contributed by atoms with E-state index in [1.165, 1.54) is 29.5 Å². The van der Waals surface area contributed by atoms with Gasteiger partial charge in [0.1, 0.15) is 6.54 Å². The number of rotatable bonds is 6. The van der Waals surface area contributed by atoms with Gasteiger partial charge in [-0.15, -0.1) is 0 Å². The first kappa shape index (κ1) is 23.5. The predicted octanol–water partition coefficient (Wildman–Crippen LogP) is 3.36. The smallest absolute Gasteiger partial charge is 0.292 e. The molecule has 1 fully saturated rings. The molecule has 37 heavy (non-hydrogen) atoms. The average Bonchev–Trinajstić information content (AvgIpc) is 3.50. The van der Waals surface area contributed by atoms with E-state index in [2.05, 4.69) is 22.4 Å². The van der Waals surface area contributed by atoms with Crippen molar-refractivity contribution >= 4 is 39.4 Å². The molecule has 8 heteroatoms. The SMILES string of the molecule is O=C(NCc1ccc2[nH]c3c(c2c1)CCCC3)C(=O)c1cn(CC(=O)N2CCOCC2)c2ccccc12. The van der Waals surface area contributed by atoms with Crippen LogP contribution in [0.5, 0.6) is 0 Å². The number of aromatic nitrogens is 2. The Bertz CT molecular complexity index is 1510. The van der Waals surface area contributed by atoms with Crippen molar-refractivity contribution < 1.29 is 19.1 Å². The molecule has 190 valence electrons. The number of benzene rings is 2. The van der Waals surface area contributed by atoms with Gasteiger partial charge in [-0.25, -0.2) is 0 Å². The molecule has 0 bridgehead atoms. The summed E-state index contributed by atoms with van der Waals surface area (Å²) in [6.45, 7) is 2.56. The minimum atomic E-state index is -0.654. The average molecular weight is 499 g/mol. The molecule has 1 aliphatic carbocycles. The van der Waals surface area contributed by atoms with Crippen molar-refractivity contribution in [2.45, 2.75) is 38.8 Å². The van der Waals surface area contributed by atoms with Gasteiger partial charge in [0.05, 0.1) is 18.8 Å². The summed E-state index contributed by atoms with van der Waals surface area (Å²) < 4.78 is 7.10. The number of ketones is 1. The quantitative estimate of drug-likeness (QED) is 0.315. The Labute approximate surface area is 214 Å². The first-order valence-corrected chi connectivity index (χ1v) is 13.0. The third-order valence-electron chi connectivity index (χ3n) is 7.52. The fraction of sp³-hybridized carbons (Fsp3) is 0.345. The maximum Gasteiger partial charge on any atom is 0.292 e. The molecule has 0 atom stereocenters. The fourth-order valence-electron chi connectivity index (χ4n) is 5.57. The Kier molecular flexibility index (Phi) is 6.26. The molecule has 2 N–H and O–H groups in total. The lowest BCUT2D eigenvalue weighted by molar-refractivity contribution is -0.135. The number of nitrogens with one attached hydrogen (secondary N) is 2. The number of hydrogen-bond donors (Lipinski definition) is 2. The van der Waals surface area contributed by atoms with E-state index < -0.39 is 11.7 Å². The number of carbonyl (C=O) groups excluding carboxylic acids is 3. The number of aryl methyl sites for hydroxylation is 2. The third-order valence-corrected chi connectivity index (χ3v) is 7.52. The molecule has 0 radical (unpaired) electrons. The highest BCUT2D eigenvalue weighted by molar-refractivity contribution is 6.45. The normalized spacial score (nSPS) is 15.6. The Morgan fingerprint density at radius 2 is 1.78 bits per heavy atom. The topological polar surface area (TPSA) is 96.4 Å². The van der Waals surface area contributed by atoms with Gasteiger partial charge in [0.15, 0.2) is 0 Å². The highest BCUT2D eigenvalue weighted by atomic mass is 16.5. The maximum atomic E-state index is 13.2. The van der Waals surface area contributed by atoms with E-state index in [1.807, 2.05) is 30.3 Å². The van der Waals surface area contributed by atoms with Crippen molar-refractivity contribution in [1.82, 2.24) is 19.8 Å². The molecule has 1 saturated heterocycles. The van der Waals surface area contributed by atoms with E-state index in [0.717, 1.165) is 29.4 Å². The van der Waals surface area contributed by atoms with Crippen molar-refractivity contribution in [2.24, 2.45) is 0 Å². The van der Waals surface area contributed by atoms with E-state index in [1.54, 1.807) is 15.7 Å². The van der Waals surface area contributed by atoms with Crippen LogP contribution >= 0.6 is 0 Å². The fourth-order valence-corrected chi connectivity index (χ4v) is 5.57. The number of carbonyl (C=O) groups is 3. The van der Waals surface area contributed by atoms with Gasteiger partial charge in [0.2, 0.25) is 5.91 Å². The summed E-state index contributed by atoms with van der Waals surface area (Å²) in [5.41, 5.74) is 5.84. The number of morpholine rings is 1. The summed E-state index contributed by atoms with van der Waals surface area (Å²) in [5, 5.41) is 4.68. The van der Waals surface area contributed by atoms with Gasteiger partial charge >= 0.3 is 0 Å². The van der Waals surface area contributed by atoms with Crippen LogP contribution in [0, 0.1) is 0 Å². The minimum Gasteiger partial charge on any atom is -0.378 e. The van der Waals surface area contributed by atoms with Crippen molar-refractivity contribution in [3.05, 3.63) is 71.0 Å². The molecule has 2 aromatic carbocycles. The Morgan fingerprint density at radius 1 is 0.973 bits per heavy atom. The van der Waals surface area contributed by atoms with Crippen molar-refractivity contribution in [3.8, 4) is 0 Å². The molecule has 0 saturated carbocycles. The lowest BCUT2D eigenvalue weighted by Crippen LogP contribution is -2.42. The molecule has 2 aliphatic rings. The summed E-state index contributed by atoms with van der Waals surface area (Å²) in [6, 6.07) is 13.5. The van der Waals surface area contributed by atoms with Gasteiger partial charge in [0.25, 0.3) is 11.7 Å². The summed E-state index contributed by atoms with van der Waals surface area (Å²) in [6.07, 6.45) is 6.19. The zero-order valence-corrected chi connectivity index (χ0v) is 20.7. The molecule has 2 amide bonds. The largest absolute Gasteiger partial charge is 0.378 e. The second-order valence-electron chi connectivity index (χ2n) is 9.86. The van der Waals surface area contributed by atoms with Crippen LogP contribution in [0.2, 0.25) is 0 Å². The highest BCUT2D eigenvalue weighted by Crippen LogP contribution is 2.30. The van der Waals surface area contributed by atoms with Gasteiger partial charge in [-0.2, -0.15) is 0 Å². The first-order valence-electron chi connectivity index (χ1n) is 13.0. The number of hydrogen-bond acceptors (Lipinski definition) is 4.